The minimum absolute atomic E-state index is 0.00656. The molecule has 0 unspecified atom stereocenters. The molecule has 1 aromatic rings. The number of nitrogens with zero attached hydrogens (tertiary/aromatic N) is 1. The van der Waals surface area contributed by atoms with E-state index in [9.17, 15) is 8.42 Å². The molecule has 1 aliphatic rings. The standard InChI is InChI=1S/C16H25NO5S/c1-14-4-5-16(12-15(14)2)13-17(7-10-21-11-8-17)6-3-9-22-23(18,19)20/h4-5,12H,3,6-11,13H2,1-2H3/p+1. The summed E-state index contributed by atoms with van der Waals surface area (Å²) in [5.74, 6) is 0. The van der Waals surface area contributed by atoms with Crippen LogP contribution < -0.4 is 0 Å². The first-order chi connectivity index (χ1) is 10.8. The molecule has 7 heteroatoms. The average Bonchev–Trinajstić information content (AvgIpc) is 2.48. The van der Waals surface area contributed by atoms with Crippen molar-refractivity contribution in [3.8, 4) is 0 Å². The predicted octanol–water partition coefficient (Wildman–Crippen LogP) is 1.86. The Bertz CT molecular complexity index is 623. The van der Waals surface area contributed by atoms with Gasteiger partial charge in [-0.25, -0.2) is 4.18 Å². The molecule has 0 atom stereocenters. The van der Waals surface area contributed by atoms with Crippen LogP contribution >= 0.6 is 0 Å². The Morgan fingerprint density at radius 3 is 2.52 bits per heavy atom. The summed E-state index contributed by atoms with van der Waals surface area (Å²) in [5, 5.41) is 0. The molecule has 1 N–H and O–H groups in total. The minimum Gasteiger partial charge on any atom is -0.370 e. The number of hydrogen-bond acceptors (Lipinski definition) is 4. The Hall–Kier alpha value is -0.990. The van der Waals surface area contributed by atoms with E-state index in [1.165, 1.54) is 16.7 Å². The van der Waals surface area contributed by atoms with E-state index in [0.29, 0.717) is 19.6 Å². The van der Waals surface area contributed by atoms with Gasteiger partial charge in [-0.1, -0.05) is 18.2 Å². The maximum Gasteiger partial charge on any atom is 0.397 e. The zero-order valence-electron chi connectivity index (χ0n) is 13.8. The Labute approximate surface area is 138 Å². The SMILES string of the molecule is Cc1ccc(C[N+]2(CCCOS(=O)(=O)O)CCOCC2)cc1C. The first-order valence-electron chi connectivity index (χ1n) is 7.91. The van der Waals surface area contributed by atoms with Crippen molar-refractivity contribution in [3.05, 3.63) is 34.9 Å². The molecule has 23 heavy (non-hydrogen) atoms. The molecule has 0 aromatic heterocycles. The molecule has 1 aromatic carbocycles. The summed E-state index contributed by atoms with van der Waals surface area (Å²) in [7, 11) is -4.35. The second-order valence-electron chi connectivity index (χ2n) is 6.30. The van der Waals surface area contributed by atoms with Crippen LogP contribution in [0.25, 0.3) is 0 Å². The third-order valence-electron chi connectivity index (χ3n) is 4.52. The van der Waals surface area contributed by atoms with Gasteiger partial charge in [0, 0.05) is 12.0 Å². The van der Waals surface area contributed by atoms with Crippen molar-refractivity contribution in [1.29, 1.82) is 0 Å². The van der Waals surface area contributed by atoms with E-state index in [2.05, 4.69) is 36.2 Å². The summed E-state index contributed by atoms with van der Waals surface area (Å²) in [6.45, 7) is 9.15. The maximum absolute atomic E-state index is 10.6. The number of morpholine rings is 1. The molecule has 0 aliphatic carbocycles. The summed E-state index contributed by atoms with van der Waals surface area (Å²) in [4.78, 5) is 0. The lowest BCUT2D eigenvalue weighted by Crippen LogP contribution is -2.55. The van der Waals surface area contributed by atoms with Gasteiger partial charge in [0.15, 0.2) is 0 Å². The van der Waals surface area contributed by atoms with E-state index in [-0.39, 0.29) is 6.61 Å². The van der Waals surface area contributed by atoms with Crippen LogP contribution in [0, 0.1) is 13.8 Å². The van der Waals surface area contributed by atoms with Crippen LogP contribution in [0.2, 0.25) is 0 Å². The van der Waals surface area contributed by atoms with Gasteiger partial charge < -0.3 is 9.22 Å². The normalized spacial score (nSPS) is 18.0. The zero-order valence-corrected chi connectivity index (χ0v) is 14.6. The quantitative estimate of drug-likeness (QED) is 0.464. The summed E-state index contributed by atoms with van der Waals surface area (Å²) in [6.07, 6.45) is 0.574. The lowest BCUT2D eigenvalue weighted by molar-refractivity contribution is -0.947. The van der Waals surface area contributed by atoms with Crippen molar-refractivity contribution in [2.24, 2.45) is 0 Å². The van der Waals surface area contributed by atoms with Gasteiger partial charge in [-0.05, 0) is 25.0 Å². The van der Waals surface area contributed by atoms with Crippen LogP contribution in [-0.4, -0.2) is 56.9 Å². The van der Waals surface area contributed by atoms with Gasteiger partial charge in [-0.3, -0.25) is 4.55 Å². The van der Waals surface area contributed by atoms with Crippen molar-refractivity contribution < 1.29 is 26.4 Å². The predicted molar refractivity (Wildman–Crippen MR) is 87.4 cm³/mol. The van der Waals surface area contributed by atoms with E-state index in [1.807, 2.05) is 0 Å². The van der Waals surface area contributed by atoms with Gasteiger partial charge in [-0.2, -0.15) is 8.42 Å². The molecular weight excluding hydrogens is 318 g/mol. The van der Waals surface area contributed by atoms with Crippen molar-refractivity contribution in [3.63, 3.8) is 0 Å². The third-order valence-corrected chi connectivity index (χ3v) is 4.98. The highest BCUT2D eigenvalue weighted by Crippen LogP contribution is 2.20. The topological polar surface area (TPSA) is 72.8 Å². The van der Waals surface area contributed by atoms with Gasteiger partial charge in [0.2, 0.25) is 0 Å². The van der Waals surface area contributed by atoms with Crippen molar-refractivity contribution in [2.45, 2.75) is 26.8 Å². The molecule has 0 spiro atoms. The molecule has 1 aliphatic heterocycles. The Morgan fingerprint density at radius 2 is 1.91 bits per heavy atom. The summed E-state index contributed by atoms with van der Waals surface area (Å²) in [6, 6.07) is 6.52. The highest BCUT2D eigenvalue weighted by atomic mass is 32.3. The van der Waals surface area contributed by atoms with Gasteiger partial charge in [0.1, 0.15) is 19.6 Å². The number of aryl methyl sites for hydroxylation is 2. The van der Waals surface area contributed by atoms with E-state index in [4.69, 9.17) is 9.29 Å². The fraction of sp³-hybridized carbons (Fsp3) is 0.625. The fourth-order valence-electron chi connectivity index (χ4n) is 3.04. The van der Waals surface area contributed by atoms with Gasteiger partial charge in [-0.15, -0.1) is 0 Å². The Kier molecular flexibility index (Phi) is 6.16. The van der Waals surface area contributed by atoms with Crippen molar-refractivity contribution in [2.75, 3.05) is 39.5 Å². The third kappa shape index (κ3) is 5.86. The van der Waals surface area contributed by atoms with E-state index < -0.39 is 10.4 Å². The zero-order chi connectivity index (χ0) is 16.9. The molecule has 0 saturated carbocycles. The summed E-state index contributed by atoms with van der Waals surface area (Å²) in [5.41, 5.74) is 3.85. The highest BCUT2D eigenvalue weighted by molar-refractivity contribution is 7.80. The largest absolute Gasteiger partial charge is 0.397 e. The van der Waals surface area contributed by atoms with Crippen LogP contribution in [0.5, 0.6) is 0 Å². The molecule has 6 nitrogen and oxygen atoms in total. The van der Waals surface area contributed by atoms with Crippen LogP contribution in [0.15, 0.2) is 18.2 Å². The summed E-state index contributed by atoms with van der Waals surface area (Å²) < 4.78 is 40.7. The number of quaternary nitrogens is 1. The number of hydrogen-bond donors (Lipinski definition) is 1. The highest BCUT2D eigenvalue weighted by Gasteiger charge is 2.30. The van der Waals surface area contributed by atoms with Crippen molar-refractivity contribution >= 4 is 10.4 Å². The van der Waals surface area contributed by atoms with Gasteiger partial charge >= 0.3 is 10.4 Å². The maximum atomic E-state index is 10.6. The van der Waals surface area contributed by atoms with E-state index >= 15 is 0 Å². The Balaban J connectivity index is 2.01. The monoisotopic (exact) mass is 344 g/mol. The van der Waals surface area contributed by atoms with E-state index in [0.717, 1.165) is 30.7 Å². The minimum atomic E-state index is -4.35. The second-order valence-corrected chi connectivity index (χ2v) is 7.40. The van der Waals surface area contributed by atoms with Gasteiger partial charge in [0.25, 0.3) is 0 Å². The number of rotatable bonds is 7. The lowest BCUT2D eigenvalue weighted by Gasteiger charge is -2.41. The van der Waals surface area contributed by atoms with Crippen LogP contribution in [0.3, 0.4) is 0 Å². The number of benzene rings is 1. The lowest BCUT2D eigenvalue weighted by atomic mass is 10.0. The average molecular weight is 344 g/mol. The molecule has 2 rings (SSSR count). The molecule has 1 heterocycles. The molecular formula is C16H26NO5S+. The van der Waals surface area contributed by atoms with Crippen LogP contribution in [-0.2, 0) is 25.9 Å². The van der Waals surface area contributed by atoms with E-state index in [1.54, 1.807) is 0 Å². The van der Waals surface area contributed by atoms with Crippen LogP contribution in [0.4, 0.5) is 0 Å². The first-order valence-corrected chi connectivity index (χ1v) is 9.27. The molecule has 0 radical (unpaired) electrons. The fourth-order valence-corrected chi connectivity index (χ4v) is 3.37. The molecule has 0 amide bonds. The molecule has 1 fully saturated rings. The molecule has 1 saturated heterocycles. The number of ether oxygens (including phenoxy) is 1. The summed E-state index contributed by atoms with van der Waals surface area (Å²) >= 11 is 0. The molecule has 0 bridgehead atoms. The van der Waals surface area contributed by atoms with Crippen LogP contribution in [0.1, 0.15) is 23.1 Å². The second kappa shape index (κ2) is 7.72. The smallest absolute Gasteiger partial charge is 0.370 e. The van der Waals surface area contributed by atoms with Gasteiger partial charge in [0.05, 0.1) is 26.4 Å². The Morgan fingerprint density at radius 1 is 1.22 bits per heavy atom. The molecule has 130 valence electrons. The first kappa shape index (κ1) is 18.4. The van der Waals surface area contributed by atoms with Crippen molar-refractivity contribution in [1.82, 2.24) is 0 Å².